The predicted octanol–water partition coefficient (Wildman–Crippen LogP) is 5.96. The van der Waals surface area contributed by atoms with E-state index in [9.17, 15) is 18.0 Å². The number of benzene rings is 4. The lowest BCUT2D eigenvalue weighted by Gasteiger charge is -2.34. The third-order valence-electron chi connectivity index (χ3n) is 7.49. The Balaban J connectivity index is 1.82. The summed E-state index contributed by atoms with van der Waals surface area (Å²) in [6.07, 6.45) is 0.214. The number of hydrogen-bond donors (Lipinski definition) is 1. The molecule has 47 heavy (non-hydrogen) atoms. The highest BCUT2D eigenvalue weighted by molar-refractivity contribution is 7.92. The zero-order valence-electron chi connectivity index (χ0n) is 26.9. The van der Waals surface area contributed by atoms with E-state index < -0.39 is 28.5 Å². The largest absolute Gasteiger partial charge is 0.493 e. The maximum atomic E-state index is 14.6. The summed E-state index contributed by atoms with van der Waals surface area (Å²) in [6, 6.07) is 27.9. The van der Waals surface area contributed by atoms with Crippen LogP contribution < -0.4 is 19.1 Å². The molecule has 1 N–H and O–H groups in total. The minimum Gasteiger partial charge on any atom is -0.493 e. The maximum Gasteiger partial charge on any atom is 0.264 e. The predicted molar refractivity (Wildman–Crippen MR) is 184 cm³/mol. The van der Waals surface area contributed by atoms with Crippen LogP contribution in [0.1, 0.15) is 25.0 Å². The van der Waals surface area contributed by atoms with Crippen molar-refractivity contribution in [3.8, 4) is 11.5 Å². The quantitative estimate of drug-likeness (QED) is 0.166. The van der Waals surface area contributed by atoms with Crippen LogP contribution in [0.15, 0.2) is 108 Å². The van der Waals surface area contributed by atoms with Gasteiger partial charge in [-0.25, -0.2) is 8.42 Å². The molecule has 4 rings (SSSR count). The number of carbonyl (C=O) groups excluding carboxylic acids is 2. The van der Waals surface area contributed by atoms with Gasteiger partial charge < -0.3 is 19.7 Å². The lowest BCUT2D eigenvalue weighted by Crippen LogP contribution is -2.53. The summed E-state index contributed by atoms with van der Waals surface area (Å²) < 4.78 is 40.3. The third-order valence-corrected chi connectivity index (χ3v) is 9.53. The average Bonchev–Trinajstić information content (AvgIpc) is 3.08. The summed E-state index contributed by atoms with van der Waals surface area (Å²) in [4.78, 5) is 29.9. The van der Waals surface area contributed by atoms with Crippen LogP contribution in [0.2, 0.25) is 5.02 Å². The number of methoxy groups -OCH3 is 2. The topological polar surface area (TPSA) is 105 Å². The Hall–Kier alpha value is -4.54. The first kappa shape index (κ1) is 35.3. The van der Waals surface area contributed by atoms with Gasteiger partial charge in [0.05, 0.1) is 24.8 Å². The molecule has 11 heteroatoms. The number of carbonyl (C=O) groups is 2. The molecule has 0 aromatic heterocycles. The van der Waals surface area contributed by atoms with Crippen molar-refractivity contribution < 1.29 is 27.5 Å². The number of ether oxygens (including phenoxy) is 2. The molecule has 0 radical (unpaired) electrons. The molecule has 9 nitrogen and oxygen atoms in total. The van der Waals surface area contributed by atoms with E-state index in [4.69, 9.17) is 21.1 Å². The first-order valence-electron chi connectivity index (χ1n) is 15.2. The van der Waals surface area contributed by atoms with Crippen LogP contribution in [0.4, 0.5) is 5.69 Å². The van der Waals surface area contributed by atoms with E-state index in [1.54, 1.807) is 54.6 Å². The van der Waals surface area contributed by atoms with Gasteiger partial charge in [0.2, 0.25) is 11.8 Å². The monoisotopic (exact) mass is 677 g/mol. The van der Waals surface area contributed by atoms with Gasteiger partial charge in [-0.15, -0.1) is 0 Å². The second kappa shape index (κ2) is 16.3. The molecular formula is C36H40ClN3O6S. The lowest BCUT2D eigenvalue weighted by atomic mass is 10.0. The van der Waals surface area contributed by atoms with Crippen molar-refractivity contribution in [1.82, 2.24) is 10.2 Å². The number of hydrogen-bond acceptors (Lipinski definition) is 6. The molecule has 0 aliphatic rings. The van der Waals surface area contributed by atoms with Crippen LogP contribution in [0.25, 0.3) is 0 Å². The SMILES string of the molecule is COc1ccc(N(CC(=O)N(Cc2ccc(Cl)cc2)[C@H](Cc2ccccc2)C(=O)NCC(C)C)S(=O)(=O)c2ccccc2)cc1OC. The van der Waals surface area contributed by atoms with Crippen LogP contribution >= 0.6 is 11.6 Å². The minimum atomic E-state index is -4.26. The van der Waals surface area contributed by atoms with Gasteiger partial charge in [-0.2, -0.15) is 0 Å². The van der Waals surface area contributed by atoms with Crippen molar-refractivity contribution in [3.63, 3.8) is 0 Å². The van der Waals surface area contributed by atoms with Crippen LogP contribution in [0.5, 0.6) is 11.5 Å². The normalized spacial score (nSPS) is 11.9. The number of nitrogens with zero attached hydrogens (tertiary/aromatic N) is 2. The van der Waals surface area contributed by atoms with Gasteiger partial charge >= 0.3 is 0 Å². The van der Waals surface area contributed by atoms with E-state index in [0.29, 0.717) is 23.1 Å². The second-order valence-electron chi connectivity index (χ2n) is 11.4. The number of anilines is 1. The zero-order valence-corrected chi connectivity index (χ0v) is 28.5. The first-order valence-corrected chi connectivity index (χ1v) is 17.0. The van der Waals surface area contributed by atoms with Crippen molar-refractivity contribution in [2.45, 2.75) is 37.8 Å². The van der Waals surface area contributed by atoms with E-state index >= 15 is 0 Å². The number of halogens is 1. The Morgan fingerprint density at radius 2 is 1.43 bits per heavy atom. The molecule has 1 atom stereocenters. The van der Waals surface area contributed by atoms with E-state index in [1.807, 2.05) is 44.2 Å². The Bertz CT molecular complexity index is 1740. The fourth-order valence-corrected chi connectivity index (χ4v) is 6.54. The van der Waals surface area contributed by atoms with E-state index in [2.05, 4.69) is 5.32 Å². The molecule has 0 unspecified atom stereocenters. The lowest BCUT2D eigenvalue weighted by molar-refractivity contribution is -0.140. The summed E-state index contributed by atoms with van der Waals surface area (Å²) in [5, 5.41) is 3.51. The van der Waals surface area contributed by atoms with Gasteiger partial charge in [0, 0.05) is 30.6 Å². The maximum absolute atomic E-state index is 14.6. The van der Waals surface area contributed by atoms with Crippen LogP contribution in [0.3, 0.4) is 0 Å². The fourth-order valence-electron chi connectivity index (χ4n) is 4.99. The Morgan fingerprint density at radius 1 is 0.809 bits per heavy atom. The standard InChI is InChI=1S/C36H40ClN3O6S/c1-26(2)23-38-36(42)32(21-27-11-7-5-8-12-27)39(24-28-15-17-29(37)18-16-28)35(41)25-40(47(43,44)31-13-9-6-10-14-31)30-19-20-33(45-3)34(22-30)46-4/h5-20,22,26,32H,21,23-25H2,1-4H3,(H,38,42)/t32-/m1/s1. The van der Waals surface area contributed by atoms with E-state index in [-0.39, 0.29) is 35.4 Å². The number of sulfonamides is 1. The molecule has 0 heterocycles. The number of nitrogens with one attached hydrogen (secondary N) is 1. The Labute approximate surface area is 282 Å². The van der Waals surface area contributed by atoms with Crippen LogP contribution in [-0.4, -0.2) is 58.5 Å². The zero-order chi connectivity index (χ0) is 34.0. The minimum absolute atomic E-state index is 0.00217. The fraction of sp³-hybridized carbons (Fsp3) is 0.278. The summed E-state index contributed by atoms with van der Waals surface area (Å²) in [5.74, 6) is -0.0517. The molecule has 248 valence electrons. The van der Waals surface area contributed by atoms with Crippen molar-refractivity contribution in [1.29, 1.82) is 0 Å². The summed E-state index contributed by atoms with van der Waals surface area (Å²) in [6.45, 7) is 3.82. The van der Waals surface area contributed by atoms with Crippen molar-refractivity contribution in [3.05, 3.63) is 119 Å². The van der Waals surface area contributed by atoms with Crippen molar-refractivity contribution >= 4 is 39.1 Å². The Morgan fingerprint density at radius 3 is 2.02 bits per heavy atom. The molecular weight excluding hydrogens is 638 g/mol. The van der Waals surface area contributed by atoms with E-state index in [1.165, 1.54) is 37.3 Å². The third kappa shape index (κ3) is 9.27. The van der Waals surface area contributed by atoms with Crippen LogP contribution in [-0.2, 0) is 32.6 Å². The molecule has 0 saturated carbocycles. The van der Waals surface area contributed by atoms with Gasteiger partial charge in [0.1, 0.15) is 12.6 Å². The molecule has 2 amide bonds. The molecule has 0 spiro atoms. The summed E-state index contributed by atoms with van der Waals surface area (Å²) in [5.41, 5.74) is 1.76. The van der Waals surface area contributed by atoms with Crippen LogP contribution in [0, 0.1) is 5.92 Å². The van der Waals surface area contributed by atoms with Gasteiger partial charge in [-0.05, 0) is 53.4 Å². The highest BCUT2D eigenvalue weighted by Crippen LogP contribution is 2.34. The van der Waals surface area contributed by atoms with Gasteiger partial charge in [0.25, 0.3) is 10.0 Å². The molecule has 0 aliphatic heterocycles. The first-order chi connectivity index (χ1) is 22.5. The van der Waals surface area contributed by atoms with E-state index in [0.717, 1.165) is 15.4 Å². The number of amides is 2. The number of rotatable bonds is 15. The molecule has 4 aromatic rings. The summed E-state index contributed by atoms with van der Waals surface area (Å²) >= 11 is 6.16. The molecule has 0 fully saturated rings. The molecule has 0 aliphatic carbocycles. The van der Waals surface area contributed by atoms with Gasteiger partial charge in [0.15, 0.2) is 11.5 Å². The summed E-state index contributed by atoms with van der Waals surface area (Å²) in [7, 11) is -1.34. The van der Waals surface area contributed by atoms with Gasteiger partial charge in [-0.1, -0.05) is 86.1 Å². The van der Waals surface area contributed by atoms with Crippen molar-refractivity contribution in [2.24, 2.45) is 5.92 Å². The van der Waals surface area contributed by atoms with Gasteiger partial charge in [-0.3, -0.25) is 13.9 Å². The highest BCUT2D eigenvalue weighted by atomic mass is 35.5. The van der Waals surface area contributed by atoms with Crippen molar-refractivity contribution in [2.75, 3.05) is 31.6 Å². The highest BCUT2D eigenvalue weighted by Gasteiger charge is 2.35. The second-order valence-corrected chi connectivity index (χ2v) is 13.7. The Kier molecular flexibility index (Phi) is 12.3. The molecule has 4 aromatic carbocycles. The average molecular weight is 678 g/mol. The molecule has 0 bridgehead atoms. The molecule has 0 saturated heterocycles. The smallest absolute Gasteiger partial charge is 0.264 e.